The van der Waals surface area contributed by atoms with Gasteiger partial charge in [-0.2, -0.15) is 0 Å². The molecule has 0 radical (unpaired) electrons. The summed E-state index contributed by atoms with van der Waals surface area (Å²) in [5.74, 6) is 0.427. The van der Waals surface area contributed by atoms with Crippen LogP contribution in [0.1, 0.15) is 35.1 Å². The Bertz CT molecular complexity index is 694. The van der Waals surface area contributed by atoms with Gasteiger partial charge in [0, 0.05) is 44.5 Å². The molecule has 0 saturated carbocycles. The molecule has 3 rings (SSSR count). The minimum absolute atomic E-state index is 0.0142. The second-order valence-electron chi connectivity index (χ2n) is 6.21. The van der Waals surface area contributed by atoms with Gasteiger partial charge in [0.25, 0.3) is 5.91 Å². The van der Waals surface area contributed by atoms with Crippen LogP contribution in [0.5, 0.6) is 5.88 Å². The first-order valence-electron chi connectivity index (χ1n) is 8.68. The molecule has 0 spiro atoms. The van der Waals surface area contributed by atoms with Crippen LogP contribution < -0.4 is 4.74 Å². The number of carbonyl (C=O) groups excluding carboxylic acids is 1. The maximum atomic E-state index is 12.9. The highest BCUT2D eigenvalue weighted by atomic mass is 16.5. The van der Waals surface area contributed by atoms with E-state index in [2.05, 4.69) is 15.0 Å². The summed E-state index contributed by atoms with van der Waals surface area (Å²) in [5.41, 5.74) is 2.31. The number of piperazine rings is 1. The molecular weight excluding hydrogens is 320 g/mol. The van der Waals surface area contributed by atoms with Crippen molar-refractivity contribution in [1.29, 1.82) is 0 Å². The highest BCUT2D eigenvalue weighted by Crippen LogP contribution is 2.20. The molecule has 0 unspecified atom stereocenters. The smallest absolute Gasteiger partial charge is 0.259 e. The number of aromatic nitrogens is 2. The predicted molar refractivity (Wildman–Crippen MR) is 92.4 cm³/mol. The summed E-state index contributed by atoms with van der Waals surface area (Å²) in [6.45, 7) is 8.21. The zero-order chi connectivity index (χ0) is 17.6. The van der Waals surface area contributed by atoms with E-state index in [1.807, 2.05) is 36.9 Å². The maximum Gasteiger partial charge on any atom is 0.259 e. The molecular formula is C18H24N4O3. The molecule has 2 aromatic heterocycles. The molecule has 25 heavy (non-hydrogen) atoms. The van der Waals surface area contributed by atoms with E-state index in [0.717, 1.165) is 37.4 Å². The summed E-state index contributed by atoms with van der Waals surface area (Å²) in [4.78, 5) is 21.4. The van der Waals surface area contributed by atoms with Crippen molar-refractivity contribution in [1.82, 2.24) is 19.9 Å². The Hall–Kier alpha value is -2.41. The Morgan fingerprint density at radius 2 is 2.04 bits per heavy atom. The van der Waals surface area contributed by atoms with Gasteiger partial charge >= 0.3 is 0 Å². The molecule has 7 heteroatoms. The van der Waals surface area contributed by atoms with Crippen molar-refractivity contribution in [2.24, 2.45) is 0 Å². The minimum Gasteiger partial charge on any atom is -0.477 e. The monoisotopic (exact) mass is 344 g/mol. The van der Waals surface area contributed by atoms with Crippen molar-refractivity contribution in [3.63, 3.8) is 0 Å². The number of rotatable bonds is 6. The SMILES string of the molecule is CCCOc1nc(C)ccc1C(=O)N1CCN(Cc2ccon2)CC1. The van der Waals surface area contributed by atoms with Gasteiger partial charge in [-0.15, -0.1) is 0 Å². The number of amides is 1. The lowest BCUT2D eigenvalue weighted by atomic mass is 10.2. The van der Waals surface area contributed by atoms with Gasteiger partial charge in [-0.25, -0.2) is 4.98 Å². The van der Waals surface area contributed by atoms with Gasteiger partial charge in [0.05, 0.1) is 12.3 Å². The zero-order valence-corrected chi connectivity index (χ0v) is 14.8. The van der Waals surface area contributed by atoms with Crippen molar-refractivity contribution in [2.75, 3.05) is 32.8 Å². The fraction of sp³-hybridized carbons (Fsp3) is 0.500. The standard InChI is InChI=1S/C18H24N4O3/c1-3-11-24-17-16(5-4-14(2)19-17)18(23)22-9-7-21(8-10-22)13-15-6-12-25-20-15/h4-6,12H,3,7-11,13H2,1-2H3. The van der Waals surface area contributed by atoms with Gasteiger partial charge in [0.15, 0.2) is 0 Å². The van der Waals surface area contributed by atoms with Crippen LogP contribution in [-0.2, 0) is 6.54 Å². The number of ether oxygens (including phenoxy) is 1. The van der Waals surface area contributed by atoms with Crippen molar-refractivity contribution >= 4 is 5.91 Å². The summed E-state index contributed by atoms with van der Waals surface area (Å²) in [6, 6.07) is 5.54. The Balaban J connectivity index is 1.62. The van der Waals surface area contributed by atoms with Gasteiger partial charge < -0.3 is 14.2 Å². The first-order valence-corrected chi connectivity index (χ1v) is 8.68. The van der Waals surface area contributed by atoms with Gasteiger partial charge in [0.1, 0.15) is 11.8 Å². The van der Waals surface area contributed by atoms with Crippen LogP contribution in [0.25, 0.3) is 0 Å². The molecule has 1 aliphatic rings. The first-order chi connectivity index (χ1) is 12.2. The van der Waals surface area contributed by atoms with Crippen LogP contribution >= 0.6 is 0 Å². The highest BCUT2D eigenvalue weighted by molar-refractivity contribution is 5.96. The molecule has 2 aromatic rings. The third-order valence-corrected chi connectivity index (χ3v) is 4.21. The van der Waals surface area contributed by atoms with Crippen LogP contribution in [-0.4, -0.2) is 58.6 Å². The van der Waals surface area contributed by atoms with E-state index in [0.29, 0.717) is 31.1 Å². The average Bonchev–Trinajstić information content (AvgIpc) is 3.13. The molecule has 7 nitrogen and oxygen atoms in total. The number of aryl methyl sites for hydroxylation is 1. The third-order valence-electron chi connectivity index (χ3n) is 4.21. The van der Waals surface area contributed by atoms with Gasteiger partial charge in [-0.1, -0.05) is 12.1 Å². The quantitative estimate of drug-likeness (QED) is 0.799. The number of hydrogen-bond donors (Lipinski definition) is 0. The Kier molecular flexibility index (Phi) is 5.65. The Labute approximate surface area is 147 Å². The molecule has 0 atom stereocenters. The molecule has 0 aromatic carbocycles. The number of hydrogen-bond acceptors (Lipinski definition) is 6. The minimum atomic E-state index is -0.0142. The van der Waals surface area contributed by atoms with Crippen LogP contribution in [0.4, 0.5) is 0 Å². The summed E-state index contributed by atoms with van der Waals surface area (Å²) >= 11 is 0. The Morgan fingerprint density at radius 3 is 2.72 bits per heavy atom. The van der Waals surface area contributed by atoms with Crippen LogP contribution in [0.2, 0.25) is 0 Å². The summed E-state index contributed by atoms with van der Waals surface area (Å²) < 4.78 is 10.5. The lowest BCUT2D eigenvalue weighted by Gasteiger charge is -2.34. The van der Waals surface area contributed by atoms with Gasteiger partial charge in [-0.3, -0.25) is 9.69 Å². The predicted octanol–water partition coefficient (Wildman–Crippen LogP) is 2.12. The molecule has 1 saturated heterocycles. The normalized spacial score (nSPS) is 15.4. The van der Waals surface area contributed by atoms with Gasteiger partial charge in [0.2, 0.25) is 5.88 Å². The molecule has 134 valence electrons. The van der Waals surface area contributed by atoms with Crippen molar-refractivity contribution in [3.05, 3.63) is 41.4 Å². The summed E-state index contributed by atoms with van der Waals surface area (Å²) in [5, 5.41) is 3.94. The van der Waals surface area contributed by atoms with Crippen LogP contribution in [0, 0.1) is 6.92 Å². The number of nitrogens with zero attached hydrogens (tertiary/aromatic N) is 4. The first kappa shape index (κ1) is 17.4. The van der Waals surface area contributed by atoms with Gasteiger partial charge in [-0.05, 0) is 25.5 Å². The van der Waals surface area contributed by atoms with E-state index in [1.54, 1.807) is 6.26 Å². The second kappa shape index (κ2) is 8.11. The summed E-state index contributed by atoms with van der Waals surface area (Å²) in [7, 11) is 0. The van der Waals surface area contributed by atoms with Crippen LogP contribution in [0.15, 0.2) is 29.0 Å². The topological polar surface area (TPSA) is 71.7 Å². The van der Waals surface area contributed by atoms with E-state index in [9.17, 15) is 4.79 Å². The van der Waals surface area contributed by atoms with Crippen molar-refractivity contribution in [2.45, 2.75) is 26.8 Å². The number of pyridine rings is 1. The zero-order valence-electron chi connectivity index (χ0n) is 14.8. The molecule has 0 N–H and O–H groups in total. The lowest BCUT2D eigenvalue weighted by molar-refractivity contribution is 0.0620. The van der Waals surface area contributed by atoms with Crippen molar-refractivity contribution < 1.29 is 14.1 Å². The van der Waals surface area contributed by atoms with E-state index in [4.69, 9.17) is 9.26 Å². The van der Waals surface area contributed by atoms with E-state index >= 15 is 0 Å². The van der Waals surface area contributed by atoms with Crippen LogP contribution in [0.3, 0.4) is 0 Å². The molecule has 0 bridgehead atoms. The number of carbonyl (C=O) groups is 1. The largest absolute Gasteiger partial charge is 0.477 e. The fourth-order valence-electron chi connectivity index (χ4n) is 2.83. The summed E-state index contributed by atoms with van der Waals surface area (Å²) in [6.07, 6.45) is 2.46. The van der Waals surface area contributed by atoms with E-state index < -0.39 is 0 Å². The average molecular weight is 344 g/mol. The molecule has 3 heterocycles. The van der Waals surface area contributed by atoms with Crippen molar-refractivity contribution in [3.8, 4) is 5.88 Å². The lowest BCUT2D eigenvalue weighted by Crippen LogP contribution is -2.48. The molecule has 1 aliphatic heterocycles. The van der Waals surface area contributed by atoms with E-state index in [-0.39, 0.29) is 5.91 Å². The molecule has 1 amide bonds. The third kappa shape index (κ3) is 4.36. The van der Waals surface area contributed by atoms with E-state index in [1.165, 1.54) is 0 Å². The second-order valence-corrected chi connectivity index (χ2v) is 6.21. The molecule has 0 aliphatic carbocycles. The Morgan fingerprint density at radius 1 is 1.24 bits per heavy atom. The highest BCUT2D eigenvalue weighted by Gasteiger charge is 2.25. The molecule has 1 fully saturated rings. The fourth-order valence-corrected chi connectivity index (χ4v) is 2.83. The maximum absolute atomic E-state index is 12.9.